The molecule has 1 saturated heterocycles. The summed E-state index contributed by atoms with van der Waals surface area (Å²) in [7, 11) is 0. The van der Waals surface area contributed by atoms with E-state index in [1.165, 1.54) is 11.8 Å². The third kappa shape index (κ3) is 4.12. The number of benzene rings is 1. The van der Waals surface area contributed by atoms with Crippen LogP contribution in [0.3, 0.4) is 0 Å². The summed E-state index contributed by atoms with van der Waals surface area (Å²) in [5, 5.41) is 1.28. The van der Waals surface area contributed by atoms with E-state index in [0.717, 1.165) is 17.7 Å². The number of carbonyl (C=O) groups excluding carboxylic acids is 2. The number of amides is 2. The second-order valence-corrected chi connectivity index (χ2v) is 8.22. The van der Waals surface area contributed by atoms with Crippen LogP contribution in [0.15, 0.2) is 52.5 Å². The first-order valence-corrected chi connectivity index (χ1v) is 10.3. The van der Waals surface area contributed by atoms with E-state index in [0.29, 0.717) is 41.8 Å². The van der Waals surface area contributed by atoms with Gasteiger partial charge in [-0.2, -0.15) is 0 Å². The van der Waals surface area contributed by atoms with E-state index in [9.17, 15) is 9.59 Å². The fourth-order valence-electron chi connectivity index (χ4n) is 3.16. The first-order valence-electron chi connectivity index (χ1n) is 9.09. The number of halogens is 1. The van der Waals surface area contributed by atoms with Gasteiger partial charge in [-0.3, -0.25) is 9.59 Å². The summed E-state index contributed by atoms with van der Waals surface area (Å²) in [6.07, 6.45) is 3.70. The summed E-state index contributed by atoms with van der Waals surface area (Å²) in [5.74, 6) is 0.429. The van der Waals surface area contributed by atoms with Gasteiger partial charge in [-0.25, -0.2) is 4.98 Å². The van der Waals surface area contributed by atoms with Crippen molar-refractivity contribution >= 4 is 35.2 Å². The van der Waals surface area contributed by atoms with Gasteiger partial charge < -0.3 is 9.80 Å². The lowest BCUT2D eigenvalue weighted by Gasteiger charge is -2.35. The average Bonchev–Trinajstić information content (AvgIpc) is 3.55. The zero-order chi connectivity index (χ0) is 18.8. The summed E-state index contributed by atoms with van der Waals surface area (Å²) >= 11 is 7.65. The molecule has 140 valence electrons. The van der Waals surface area contributed by atoms with Crippen molar-refractivity contribution in [1.29, 1.82) is 0 Å². The summed E-state index contributed by atoms with van der Waals surface area (Å²) in [4.78, 5) is 34.2. The van der Waals surface area contributed by atoms with Crippen LogP contribution in [0.2, 0.25) is 5.02 Å². The van der Waals surface area contributed by atoms with Crippen LogP contribution in [0.1, 0.15) is 23.2 Å². The average molecular weight is 402 g/mol. The molecule has 27 heavy (non-hydrogen) atoms. The largest absolute Gasteiger partial charge is 0.339 e. The van der Waals surface area contributed by atoms with Gasteiger partial charge in [-0.15, -0.1) is 0 Å². The number of rotatable bonds is 4. The van der Waals surface area contributed by atoms with E-state index in [4.69, 9.17) is 11.6 Å². The Morgan fingerprint density at radius 1 is 1.00 bits per heavy atom. The minimum absolute atomic E-state index is 0.0452. The second kappa shape index (κ2) is 7.90. The van der Waals surface area contributed by atoms with Crippen LogP contribution in [0.5, 0.6) is 0 Å². The normalized spacial score (nSPS) is 17.1. The molecular weight excluding hydrogens is 382 g/mol. The molecule has 1 aromatic heterocycles. The Kier molecular flexibility index (Phi) is 5.36. The van der Waals surface area contributed by atoms with Gasteiger partial charge in [0.15, 0.2) is 0 Å². The predicted molar refractivity (Wildman–Crippen MR) is 105 cm³/mol. The van der Waals surface area contributed by atoms with Crippen LogP contribution < -0.4 is 0 Å². The molecular formula is C20H20ClN3O2S. The number of hydrogen-bond donors (Lipinski definition) is 0. The van der Waals surface area contributed by atoms with E-state index in [-0.39, 0.29) is 17.7 Å². The van der Waals surface area contributed by atoms with Crippen molar-refractivity contribution in [2.75, 3.05) is 26.2 Å². The van der Waals surface area contributed by atoms with Gasteiger partial charge >= 0.3 is 0 Å². The number of nitrogens with zero attached hydrogens (tertiary/aromatic N) is 3. The SMILES string of the molecule is O=C(c1cccnc1Sc1ccccc1Cl)N1CCN(C(=O)C2CC2)CC1. The third-order valence-corrected chi connectivity index (χ3v) is 6.39. The molecule has 0 bridgehead atoms. The van der Waals surface area contributed by atoms with Crippen LogP contribution in [-0.2, 0) is 4.79 Å². The van der Waals surface area contributed by atoms with Crippen LogP contribution in [0, 0.1) is 5.92 Å². The molecule has 2 fully saturated rings. The van der Waals surface area contributed by atoms with Crippen molar-refractivity contribution in [3.05, 3.63) is 53.2 Å². The van der Waals surface area contributed by atoms with E-state index >= 15 is 0 Å². The lowest BCUT2D eigenvalue weighted by molar-refractivity contribution is -0.134. The lowest BCUT2D eigenvalue weighted by Crippen LogP contribution is -2.51. The molecule has 0 N–H and O–H groups in total. The molecule has 1 aliphatic carbocycles. The fourth-order valence-corrected chi connectivity index (χ4v) is 4.31. The molecule has 2 amide bonds. The highest BCUT2D eigenvalue weighted by Crippen LogP contribution is 2.34. The maximum absolute atomic E-state index is 13.1. The highest BCUT2D eigenvalue weighted by atomic mass is 35.5. The van der Waals surface area contributed by atoms with Gasteiger partial charge in [0.2, 0.25) is 5.91 Å². The van der Waals surface area contributed by atoms with Crippen molar-refractivity contribution < 1.29 is 9.59 Å². The minimum atomic E-state index is -0.0452. The maximum atomic E-state index is 13.1. The number of piperazine rings is 1. The molecule has 0 unspecified atom stereocenters. The Morgan fingerprint density at radius 2 is 1.70 bits per heavy atom. The molecule has 1 aromatic carbocycles. The maximum Gasteiger partial charge on any atom is 0.256 e. The highest BCUT2D eigenvalue weighted by molar-refractivity contribution is 7.99. The smallest absolute Gasteiger partial charge is 0.256 e. The van der Waals surface area contributed by atoms with Gasteiger partial charge in [-0.1, -0.05) is 35.5 Å². The molecule has 5 nitrogen and oxygen atoms in total. The molecule has 0 atom stereocenters. The standard InChI is InChI=1S/C20H20ClN3O2S/c21-16-5-1-2-6-17(16)27-18-15(4-3-9-22-18)20(26)24-12-10-23(11-13-24)19(25)14-7-8-14/h1-6,9,14H,7-8,10-13H2. The Morgan fingerprint density at radius 3 is 2.41 bits per heavy atom. The topological polar surface area (TPSA) is 53.5 Å². The third-order valence-electron chi connectivity index (χ3n) is 4.85. The van der Waals surface area contributed by atoms with Crippen LogP contribution >= 0.6 is 23.4 Å². The molecule has 2 aromatic rings. The van der Waals surface area contributed by atoms with Gasteiger partial charge in [-0.05, 0) is 37.1 Å². The monoisotopic (exact) mass is 401 g/mol. The first-order chi connectivity index (χ1) is 13.1. The number of aromatic nitrogens is 1. The Balaban J connectivity index is 1.46. The highest BCUT2D eigenvalue weighted by Gasteiger charge is 2.35. The Labute approximate surface area is 167 Å². The van der Waals surface area contributed by atoms with E-state index in [2.05, 4.69) is 4.98 Å². The zero-order valence-electron chi connectivity index (χ0n) is 14.8. The van der Waals surface area contributed by atoms with Crippen molar-refractivity contribution in [3.63, 3.8) is 0 Å². The summed E-state index contributed by atoms with van der Waals surface area (Å²) < 4.78 is 0. The predicted octanol–water partition coefficient (Wildman–Crippen LogP) is 3.58. The second-order valence-electron chi connectivity index (χ2n) is 6.78. The lowest BCUT2D eigenvalue weighted by atomic mass is 10.2. The fraction of sp³-hybridized carbons (Fsp3) is 0.350. The molecule has 0 spiro atoms. The molecule has 2 heterocycles. The summed E-state index contributed by atoms with van der Waals surface area (Å²) in [6.45, 7) is 2.33. The molecule has 2 aliphatic rings. The molecule has 1 aliphatic heterocycles. The number of pyridine rings is 1. The number of carbonyl (C=O) groups is 2. The van der Waals surface area contributed by atoms with Gasteiger partial charge in [0, 0.05) is 43.2 Å². The van der Waals surface area contributed by atoms with Crippen LogP contribution in [0.25, 0.3) is 0 Å². The summed E-state index contributed by atoms with van der Waals surface area (Å²) in [6, 6.07) is 11.1. The molecule has 0 radical (unpaired) electrons. The van der Waals surface area contributed by atoms with Crippen LogP contribution in [-0.4, -0.2) is 52.8 Å². The first kappa shape index (κ1) is 18.3. The zero-order valence-corrected chi connectivity index (χ0v) is 16.4. The van der Waals surface area contributed by atoms with Gasteiger partial charge in [0.1, 0.15) is 5.03 Å². The summed E-state index contributed by atoms with van der Waals surface area (Å²) in [5.41, 5.74) is 0.574. The van der Waals surface area contributed by atoms with Crippen molar-refractivity contribution in [1.82, 2.24) is 14.8 Å². The van der Waals surface area contributed by atoms with Crippen molar-refractivity contribution in [3.8, 4) is 0 Å². The quantitative estimate of drug-likeness (QED) is 0.785. The molecule has 1 saturated carbocycles. The molecule has 7 heteroatoms. The van der Waals surface area contributed by atoms with E-state index < -0.39 is 0 Å². The van der Waals surface area contributed by atoms with Gasteiger partial charge in [0.05, 0.1) is 10.6 Å². The number of hydrogen-bond acceptors (Lipinski definition) is 4. The Hall–Kier alpha value is -2.05. The van der Waals surface area contributed by atoms with Gasteiger partial charge in [0.25, 0.3) is 5.91 Å². The van der Waals surface area contributed by atoms with Crippen molar-refractivity contribution in [2.45, 2.75) is 22.8 Å². The minimum Gasteiger partial charge on any atom is -0.339 e. The van der Waals surface area contributed by atoms with Crippen LogP contribution in [0.4, 0.5) is 0 Å². The van der Waals surface area contributed by atoms with E-state index in [1.807, 2.05) is 34.1 Å². The Bertz CT molecular complexity index is 864. The van der Waals surface area contributed by atoms with E-state index in [1.54, 1.807) is 18.3 Å². The molecule has 4 rings (SSSR count). The van der Waals surface area contributed by atoms with Crippen molar-refractivity contribution in [2.24, 2.45) is 5.92 Å².